The lowest BCUT2D eigenvalue weighted by atomic mass is 9.83. The average Bonchev–Trinajstić information content (AvgIpc) is 3.05. The van der Waals surface area contributed by atoms with Crippen molar-refractivity contribution >= 4 is 22.6 Å². The molecule has 3 aromatic heterocycles. The van der Waals surface area contributed by atoms with Crippen molar-refractivity contribution in [3.05, 3.63) is 41.1 Å². The van der Waals surface area contributed by atoms with E-state index in [9.17, 15) is 5.26 Å². The molecule has 1 aliphatic carbocycles. The zero-order valence-electron chi connectivity index (χ0n) is 17.9. The van der Waals surface area contributed by atoms with Gasteiger partial charge >= 0.3 is 0 Å². The molecule has 0 amide bonds. The van der Waals surface area contributed by atoms with Crippen LogP contribution >= 0.6 is 11.6 Å². The lowest BCUT2D eigenvalue weighted by Gasteiger charge is -2.26. The molecule has 0 bridgehead atoms. The molecule has 0 spiro atoms. The third-order valence-corrected chi connectivity index (χ3v) is 6.29. The van der Waals surface area contributed by atoms with Gasteiger partial charge in [0, 0.05) is 30.7 Å². The summed E-state index contributed by atoms with van der Waals surface area (Å²) >= 11 is 6.22. The van der Waals surface area contributed by atoms with Gasteiger partial charge in [0.05, 0.1) is 16.1 Å². The van der Waals surface area contributed by atoms with Gasteiger partial charge in [-0.3, -0.25) is 4.98 Å². The Hall–Kier alpha value is -2.45. The maximum atomic E-state index is 9.56. The van der Waals surface area contributed by atoms with Crippen molar-refractivity contribution in [2.75, 3.05) is 0 Å². The van der Waals surface area contributed by atoms with Gasteiger partial charge in [0.2, 0.25) is 5.82 Å². The van der Waals surface area contributed by atoms with Crippen LogP contribution in [-0.4, -0.2) is 19.5 Å². The zero-order valence-corrected chi connectivity index (χ0v) is 18.7. The lowest BCUT2D eigenvalue weighted by Crippen LogP contribution is -2.17. The molecular formula is C24H28ClN5. The second-order valence-corrected chi connectivity index (χ2v) is 9.56. The van der Waals surface area contributed by atoms with E-state index in [-0.39, 0.29) is 5.82 Å². The number of rotatable bonds is 5. The molecule has 4 rings (SSSR count). The van der Waals surface area contributed by atoms with Crippen LogP contribution in [-0.2, 0) is 13.0 Å². The van der Waals surface area contributed by atoms with Crippen molar-refractivity contribution < 1.29 is 0 Å². The summed E-state index contributed by atoms with van der Waals surface area (Å²) in [6.07, 6.45) is 11.6. The molecule has 0 aromatic carbocycles. The SMILES string of the molecule is CC(C)Cc1cn(C[C@H]2CC[C@H](C)CC2)c2c(-c3cncc(Cl)c3)nc(C#N)nc12. The Kier molecular flexibility index (Phi) is 6.06. The molecule has 5 nitrogen and oxygen atoms in total. The van der Waals surface area contributed by atoms with E-state index in [1.54, 1.807) is 12.4 Å². The molecule has 156 valence electrons. The van der Waals surface area contributed by atoms with Crippen LogP contribution in [0.25, 0.3) is 22.3 Å². The molecule has 1 aliphatic rings. The molecule has 6 heteroatoms. The maximum absolute atomic E-state index is 9.56. The lowest BCUT2D eigenvalue weighted by molar-refractivity contribution is 0.267. The Morgan fingerprint density at radius 3 is 2.63 bits per heavy atom. The summed E-state index contributed by atoms with van der Waals surface area (Å²) in [5, 5.41) is 10.1. The second-order valence-electron chi connectivity index (χ2n) is 9.13. The minimum absolute atomic E-state index is 0.187. The highest BCUT2D eigenvalue weighted by atomic mass is 35.5. The fourth-order valence-electron chi connectivity index (χ4n) is 4.58. The van der Waals surface area contributed by atoms with E-state index in [0.29, 0.717) is 16.9 Å². The molecule has 1 fully saturated rings. The molecule has 0 aliphatic heterocycles. The Morgan fingerprint density at radius 2 is 1.97 bits per heavy atom. The molecule has 3 aromatic rings. The Morgan fingerprint density at radius 1 is 1.20 bits per heavy atom. The topological polar surface area (TPSA) is 67.4 Å². The largest absolute Gasteiger partial charge is 0.344 e. The highest BCUT2D eigenvalue weighted by Gasteiger charge is 2.23. The Balaban J connectivity index is 1.88. The van der Waals surface area contributed by atoms with Crippen LogP contribution in [0.5, 0.6) is 0 Å². The number of nitrogens with zero attached hydrogens (tertiary/aromatic N) is 5. The van der Waals surface area contributed by atoms with Crippen LogP contribution in [0.3, 0.4) is 0 Å². The first-order chi connectivity index (χ1) is 14.4. The minimum atomic E-state index is 0.187. The number of hydrogen-bond acceptors (Lipinski definition) is 4. The second kappa shape index (κ2) is 8.73. The first kappa shape index (κ1) is 20.8. The van der Waals surface area contributed by atoms with Crippen molar-refractivity contribution in [1.82, 2.24) is 19.5 Å². The molecule has 30 heavy (non-hydrogen) atoms. The predicted molar refractivity (Wildman–Crippen MR) is 120 cm³/mol. The molecule has 1 saturated carbocycles. The van der Waals surface area contributed by atoms with E-state index in [2.05, 4.69) is 52.6 Å². The first-order valence-electron chi connectivity index (χ1n) is 10.8. The van der Waals surface area contributed by atoms with E-state index in [1.165, 1.54) is 31.2 Å². The van der Waals surface area contributed by atoms with Crippen LogP contribution in [0.4, 0.5) is 0 Å². The quantitative estimate of drug-likeness (QED) is 0.503. The van der Waals surface area contributed by atoms with Gasteiger partial charge in [-0.05, 0) is 48.6 Å². The summed E-state index contributed by atoms with van der Waals surface area (Å²) in [7, 11) is 0. The highest BCUT2D eigenvalue weighted by Crippen LogP contribution is 2.35. The fourth-order valence-corrected chi connectivity index (χ4v) is 4.75. The Labute approximate surface area is 183 Å². The first-order valence-corrected chi connectivity index (χ1v) is 11.2. The number of halogens is 1. The van der Waals surface area contributed by atoms with E-state index in [4.69, 9.17) is 11.6 Å². The van der Waals surface area contributed by atoms with E-state index in [0.717, 1.165) is 41.2 Å². The van der Waals surface area contributed by atoms with Crippen LogP contribution in [0.2, 0.25) is 5.02 Å². The summed E-state index contributed by atoms with van der Waals surface area (Å²) < 4.78 is 2.32. The monoisotopic (exact) mass is 421 g/mol. The zero-order chi connectivity index (χ0) is 21.3. The number of nitriles is 1. The van der Waals surface area contributed by atoms with Gasteiger partial charge in [-0.2, -0.15) is 5.26 Å². The summed E-state index contributed by atoms with van der Waals surface area (Å²) in [5.41, 5.74) is 4.62. The van der Waals surface area contributed by atoms with Gasteiger partial charge in [0.15, 0.2) is 0 Å². The van der Waals surface area contributed by atoms with Crippen LogP contribution in [0.1, 0.15) is 57.8 Å². The summed E-state index contributed by atoms with van der Waals surface area (Å²) in [6, 6.07) is 4.00. The van der Waals surface area contributed by atoms with E-state index in [1.807, 2.05) is 6.07 Å². The molecule has 0 radical (unpaired) electrons. The molecule has 0 N–H and O–H groups in total. The highest BCUT2D eigenvalue weighted by molar-refractivity contribution is 6.30. The van der Waals surface area contributed by atoms with Crippen LogP contribution in [0.15, 0.2) is 24.7 Å². The summed E-state index contributed by atoms with van der Waals surface area (Å²) in [4.78, 5) is 13.5. The van der Waals surface area contributed by atoms with Crippen molar-refractivity contribution in [3.8, 4) is 17.3 Å². The smallest absolute Gasteiger partial charge is 0.233 e. The number of fused-ring (bicyclic) bond motifs is 1. The summed E-state index contributed by atoms with van der Waals surface area (Å²) in [5.74, 6) is 2.17. The van der Waals surface area contributed by atoms with Crippen molar-refractivity contribution in [2.24, 2.45) is 17.8 Å². The van der Waals surface area contributed by atoms with Gasteiger partial charge < -0.3 is 4.57 Å². The molecule has 0 atom stereocenters. The van der Waals surface area contributed by atoms with Crippen molar-refractivity contribution in [3.63, 3.8) is 0 Å². The van der Waals surface area contributed by atoms with Gasteiger partial charge in [-0.1, -0.05) is 45.2 Å². The standard InChI is InChI=1S/C24H28ClN5/c1-15(2)8-19-14-30(13-17-6-4-16(3)5-7-17)24-22(18-9-20(25)12-27-11-18)28-21(10-26)29-23(19)24/h9,11-12,14-17H,4-8,13H2,1-3H3/t16-,17-. The molecule has 0 unspecified atom stereocenters. The van der Waals surface area contributed by atoms with Crippen molar-refractivity contribution in [2.45, 2.75) is 59.4 Å². The minimum Gasteiger partial charge on any atom is -0.344 e. The third-order valence-electron chi connectivity index (χ3n) is 6.08. The molecular weight excluding hydrogens is 394 g/mol. The number of aromatic nitrogens is 4. The van der Waals surface area contributed by atoms with Gasteiger partial charge in [-0.15, -0.1) is 0 Å². The molecule has 0 saturated heterocycles. The van der Waals surface area contributed by atoms with Crippen LogP contribution < -0.4 is 0 Å². The van der Waals surface area contributed by atoms with Gasteiger partial charge in [-0.25, -0.2) is 9.97 Å². The fraction of sp³-hybridized carbons (Fsp3) is 0.500. The van der Waals surface area contributed by atoms with Gasteiger partial charge in [0.1, 0.15) is 11.8 Å². The summed E-state index contributed by atoms with van der Waals surface area (Å²) in [6.45, 7) is 7.72. The van der Waals surface area contributed by atoms with Gasteiger partial charge in [0.25, 0.3) is 0 Å². The predicted octanol–water partition coefficient (Wildman–Crippen LogP) is 6.04. The number of pyridine rings is 1. The van der Waals surface area contributed by atoms with E-state index < -0.39 is 0 Å². The maximum Gasteiger partial charge on any atom is 0.233 e. The number of hydrogen-bond donors (Lipinski definition) is 0. The van der Waals surface area contributed by atoms with E-state index >= 15 is 0 Å². The molecule has 3 heterocycles. The van der Waals surface area contributed by atoms with Crippen molar-refractivity contribution in [1.29, 1.82) is 5.26 Å². The van der Waals surface area contributed by atoms with Crippen LogP contribution in [0, 0.1) is 29.1 Å². The average molecular weight is 422 g/mol. The normalized spacial score (nSPS) is 19.3. The Bertz CT molecular complexity index is 1090. The third kappa shape index (κ3) is 4.34.